The zero-order chi connectivity index (χ0) is 14.9. The summed E-state index contributed by atoms with van der Waals surface area (Å²) in [6, 6.07) is 18.4. The third kappa shape index (κ3) is 4.88. The zero-order valence-corrected chi connectivity index (χ0v) is 12.7. The second kappa shape index (κ2) is 8.45. The quantitative estimate of drug-likeness (QED) is 0.804. The first kappa shape index (κ1) is 15.5. The Morgan fingerprint density at radius 3 is 2.57 bits per heavy atom. The lowest BCUT2D eigenvalue weighted by Crippen LogP contribution is -2.24. The molecule has 1 unspecified atom stereocenters. The number of benzene rings is 2. The van der Waals surface area contributed by atoms with Crippen molar-refractivity contribution in [1.82, 2.24) is 5.32 Å². The average molecular weight is 285 g/mol. The van der Waals surface area contributed by atoms with Gasteiger partial charge in [0, 0.05) is 13.7 Å². The fourth-order valence-electron chi connectivity index (χ4n) is 2.21. The fourth-order valence-corrected chi connectivity index (χ4v) is 2.21. The van der Waals surface area contributed by atoms with Gasteiger partial charge in [0.2, 0.25) is 0 Å². The first-order chi connectivity index (χ1) is 10.3. The Hall–Kier alpha value is -1.84. The molecule has 2 aromatic rings. The summed E-state index contributed by atoms with van der Waals surface area (Å²) in [6.07, 6.45) is 0.00365. The SMILES string of the molecule is CCNCC(Oc1cccc(COC)c1)c1ccccc1. The van der Waals surface area contributed by atoms with Crippen LogP contribution in [-0.4, -0.2) is 20.2 Å². The van der Waals surface area contributed by atoms with Crippen LogP contribution < -0.4 is 10.1 Å². The molecule has 0 aromatic heterocycles. The van der Waals surface area contributed by atoms with E-state index in [9.17, 15) is 0 Å². The Balaban J connectivity index is 2.12. The Morgan fingerprint density at radius 1 is 1.05 bits per heavy atom. The lowest BCUT2D eigenvalue weighted by molar-refractivity contribution is 0.182. The van der Waals surface area contributed by atoms with Gasteiger partial charge in [0.15, 0.2) is 0 Å². The van der Waals surface area contributed by atoms with Crippen LogP contribution in [0.3, 0.4) is 0 Å². The molecule has 112 valence electrons. The van der Waals surface area contributed by atoms with Gasteiger partial charge in [0.1, 0.15) is 11.9 Å². The van der Waals surface area contributed by atoms with Crippen LogP contribution in [0.15, 0.2) is 54.6 Å². The van der Waals surface area contributed by atoms with Crippen molar-refractivity contribution in [2.45, 2.75) is 19.6 Å². The van der Waals surface area contributed by atoms with Crippen LogP contribution in [0.1, 0.15) is 24.2 Å². The third-order valence-corrected chi connectivity index (χ3v) is 3.24. The number of methoxy groups -OCH3 is 1. The minimum atomic E-state index is 0.00365. The van der Waals surface area contributed by atoms with Gasteiger partial charge in [-0.2, -0.15) is 0 Å². The molecule has 0 aliphatic carbocycles. The summed E-state index contributed by atoms with van der Waals surface area (Å²) in [5.41, 5.74) is 2.29. The first-order valence-corrected chi connectivity index (χ1v) is 7.33. The Morgan fingerprint density at radius 2 is 1.86 bits per heavy atom. The summed E-state index contributed by atoms with van der Waals surface area (Å²) in [5, 5.41) is 3.36. The van der Waals surface area contributed by atoms with Crippen molar-refractivity contribution in [1.29, 1.82) is 0 Å². The topological polar surface area (TPSA) is 30.5 Å². The van der Waals surface area contributed by atoms with E-state index in [1.807, 2.05) is 42.5 Å². The minimum absolute atomic E-state index is 0.00365. The zero-order valence-electron chi connectivity index (χ0n) is 12.7. The molecule has 0 bridgehead atoms. The van der Waals surface area contributed by atoms with Crippen LogP contribution in [0.5, 0.6) is 5.75 Å². The first-order valence-electron chi connectivity index (χ1n) is 7.33. The molecule has 21 heavy (non-hydrogen) atoms. The van der Waals surface area contributed by atoms with Gasteiger partial charge in [-0.1, -0.05) is 49.4 Å². The highest BCUT2D eigenvalue weighted by atomic mass is 16.5. The fraction of sp³-hybridized carbons (Fsp3) is 0.333. The average Bonchev–Trinajstić information content (AvgIpc) is 2.53. The lowest BCUT2D eigenvalue weighted by atomic mass is 10.1. The molecule has 0 saturated carbocycles. The van der Waals surface area contributed by atoms with Crippen molar-refractivity contribution in [2.75, 3.05) is 20.2 Å². The lowest BCUT2D eigenvalue weighted by Gasteiger charge is -2.20. The normalized spacial score (nSPS) is 12.1. The van der Waals surface area contributed by atoms with Crippen LogP contribution in [0.25, 0.3) is 0 Å². The van der Waals surface area contributed by atoms with Crippen LogP contribution in [0.4, 0.5) is 0 Å². The van der Waals surface area contributed by atoms with Gasteiger partial charge in [-0.3, -0.25) is 0 Å². The molecular weight excluding hydrogens is 262 g/mol. The smallest absolute Gasteiger partial charge is 0.136 e. The largest absolute Gasteiger partial charge is 0.484 e. The van der Waals surface area contributed by atoms with E-state index in [0.717, 1.165) is 24.4 Å². The maximum Gasteiger partial charge on any atom is 0.136 e. The van der Waals surface area contributed by atoms with Gasteiger partial charge in [0.05, 0.1) is 6.61 Å². The number of likely N-dealkylation sites (N-methyl/N-ethyl adjacent to an activating group) is 1. The minimum Gasteiger partial charge on any atom is -0.484 e. The number of nitrogens with one attached hydrogen (secondary N) is 1. The molecular formula is C18H23NO2. The summed E-state index contributed by atoms with van der Waals surface area (Å²) >= 11 is 0. The van der Waals surface area contributed by atoms with Crippen molar-refractivity contribution in [3.8, 4) is 5.75 Å². The van der Waals surface area contributed by atoms with Gasteiger partial charge in [-0.15, -0.1) is 0 Å². The van der Waals surface area contributed by atoms with Gasteiger partial charge >= 0.3 is 0 Å². The molecule has 0 amide bonds. The molecule has 0 radical (unpaired) electrons. The molecule has 1 N–H and O–H groups in total. The molecule has 2 aromatic carbocycles. The summed E-state index contributed by atoms with van der Waals surface area (Å²) < 4.78 is 11.3. The Kier molecular flexibility index (Phi) is 6.25. The number of hydrogen-bond donors (Lipinski definition) is 1. The van der Waals surface area contributed by atoms with Gasteiger partial charge < -0.3 is 14.8 Å². The maximum atomic E-state index is 6.17. The monoisotopic (exact) mass is 285 g/mol. The van der Waals surface area contributed by atoms with Crippen LogP contribution in [-0.2, 0) is 11.3 Å². The Bertz CT molecular complexity index is 528. The van der Waals surface area contributed by atoms with Crippen molar-refractivity contribution in [2.24, 2.45) is 0 Å². The van der Waals surface area contributed by atoms with E-state index in [-0.39, 0.29) is 6.10 Å². The van der Waals surface area contributed by atoms with Gasteiger partial charge in [0.25, 0.3) is 0 Å². The van der Waals surface area contributed by atoms with Crippen molar-refractivity contribution in [3.05, 3.63) is 65.7 Å². The van der Waals surface area contributed by atoms with Gasteiger partial charge in [-0.05, 0) is 29.8 Å². The molecule has 0 spiro atoms. The van der Waals surface area contributed by atoms with E-state index in [1.54, 1.807) is 7.11 Å². The molecule has 0 aliphatic rings. The summed E-state index contributed by atoms with van der Waals surface area (Å²) in [6.45, 7) is 4.41. The molecule has 0 aliphatic heterocycles. The summed E-state index contributed by atoms with van der Waals surface area (Å²) in [4.78, 5) is 0. The molecule has 2 rings (SSSR count). The highest BCUT2D eigenvalue weighted by Gasteiger charge is 2.12. The summed E-state index contributed by atoms with van der Waals surface area (Å²) in [7, 11) is 1.70. The molecule has 3 heteroatoms. The van der Waals surface area contributed by atoms with Crippen molar-refractivity contribution in [3.63, 3.8) is 0 Å². The predicted octanol–water partition coefficient (Wildman–Crippen LogP) is 3.56. The van der Waals surface area contributed by atoms with E-state index in [1.165, 1.54) is 5.56 Å². The predicted molar refractivity (Wildman–Crippen MR) is 85.5 cm³/mol. The molecule has 1 atom stereocenters. The van der Waals surface area contributed by atoms with Crippen LogP contribution in [0, 0.1) is 0 Å². The standard InChI is InChI=1S/C18H23NO2/c1-3-19-13-18(16-9-5-4-6-10-16)21-17-11-7-8-15(12-17)14-20-2/h4-12,18-19H,3,13-14H2,1-2H3. The van der Waals surface area contributed by atoms with E-state index in [2.05, 4.69) is 24.4 Å². The maximum absolute atomic E-state index is 6.17. The van der Waals surface area contributed by atoms with Crippen LogP contribution in [0.2, 0.25) is 0 Å². The number of rotatable bonds is 8. The third-order valence-electron chi connectivity index (χ3n) is 3.24. The van der Waals surface area contributed by atoms with E-state index >= 15 is 0 Å². The van der Waals surface area contributed by atoms with E-state index < -0.39 is 0 Å². The molecule has 0 heterocycles. The molecule has 0 saturated heterocycles. The second-order valence-corrected chi connectivity index (χ2v) is 4.91. The van der Waals surface area contributed by atoms with E-state index in [0.29, 0.717) is 6.61 Å². The van der Waals surface area contributed by atoms with Gasteiger partial charge in [-0.25, -0.2) is 0 Å². The number of ether oxygens (including phenoxy) is 2. The highest BCUT2D eigenvalue weighted by Crippen LogP contribution is 2.22. The van der Waals surface area contributed by atoms with E-state index in [4.69, 9.17) is 9.47 Å². The summed E-state index contributed by atoms with van der Waals surface area (Å²) in [5.74, 6) is 0.872. The molecule has 0 fully saturated rings. The van der Waals surface area contributed by atoms with Crippen LogP contribution >= 0.6 is 0 Å². The van der Waals surface area contributed by atoms with Crippen molar-refractivity contribution < 1.29 is 9.47 Å². The number of hydrogen-bond acceptors (Lipinski definition) is 3. The van der Waals surface area contributed by atoms with Crippen molar-refractivity contribution >= 4 is 0 Å². The Labute approximate surface area is 126 Å². The highest BCUT2D eigenvalue weighted by molar-refractivity contribution is 5.29. The molecule has 3 nitrogen and oxygen atoms in total. The second-order valence-electron chi connectivity index (χ2n) is 4.91.